The van der Waals surface area contributed by atoms with Gasteiger partial charge in [0.1, 0.15) is 0 Å². The summed E-state index contributed by atoms with van der Waals surface area (Å²) in [6.45, 7) is 15.0. The van der Waals surface area contributed by atoms with Gasteiger partial charge in [0.05, 0.1) is 12.2 Å². The fraction of sp³-hybridized carbons (Fsp3) is 0.857. The van der Waals surface area contributed by atoms with Crippen molar-refractivity contribution >= 4 is 0 Å². The van der Waals surface area contributed by atoms with Gasteiger partial charge in [0.2, 0.25) is 0 Å². The summed E-state index contributed by atoms with van der Waals surface area (Å²) in [6, 6.07) is 0. The molecule has 1 spiro atoms. The summed E-state index contributed by atoms with van der Waals surface area (Å²) < 4.78 is 12.1. The van der Waals surface area contributed by atoms with E-state index in [2.05, 4.69) is 41.2 Å². The van der Waals surface area contributed by atoms with E-state index < -0.39 is 0 Å². The van der Waals surface area contributed by atoms with Gasteiger partial charge in [-0.1, -0.05) is 26.0 Å². The van der Waals surface area contributed by atoms with Crippen molar-refractivity contribution in [3.8, 4) is 0 Å². The second-order valence-electron chi connectivity index (χ2n) is 6.04. The van der Waals surface area contributed by atoms with E-state index in [9.17, 15) is 0 Å². The first-order chi connectivity index (χ1) is 7.29. The van der Waals surface area contributed by atoms with Crippen LogP contribution in [0.5, 0.6) is 0 Å². The van der Waals surface area contributed by atoms with Crippen LogP contribution >= 0.6 is 0 Å². The van der Waals surface area contributed by atoms with Crippen LogP contribution in [0.15, 0.2) is 12.2 Å². The second-order valence-corrected chi connectivity index (χ2v) is 6.04. The predicted molar refractivity (Wildman–Crippen MR) is 65.1 cm³/mol. The summed E-state index contributed by atoms with van der Waals surface area (Å²) in [6.07, 6.45) is 2.36. The molecule has 0 unspecified atom stereocenters. The molecular formula is C14H24O2. The van der Waals surface area contributed by atoms with Crippen molar-refractivity contribution in [2.75, 3.05) is 0 Å². The maximum atomic E-state index is 6.07. The topological polar surface area (TPSA) is 18.5 Å². The molecule has 2 rings (SSSR count). The van der Waals surface area contributed by atoms with Crippen molar-refractivity contribution in [1.29, 1.82) is 0 Å². The lowest BCUT2D eigenvalue weighted by Crippen LogP contribution is -2.29. The Balaban J connectivity index is 2.21. The minimum atomic E-state index is -0.341. The van der Waals surface area contributed by atoms with Gasteiger partial charge in [0.25, 0.3) is 0 Å². The Labute approximate surface area is 99.0 Å². The zero-order chi connectivity index (χ0) is 12.1. The summed E-state index contributed by atoms with van der Waals surface area (Å²) in [4.78, 5) is 0. The third kappa shape index (κ3) is 1.63. The van der Waals surface area contributed by atoms with Crippen LogP contribution in [0, 0.1) is 11.3 Å². The van der Waals surface area contributed by atoms with Crippen molar-refractivity contribution in [1.82, 2.24) is 0 Å². The van der Waals surface area contributed by atoms with Crippen molar-refractivity contribution in [2.24, 2.45) is 11.3 Å². The molecule has 2 nitrogen and oxygen atoms in total. The largest absolute Gasteiger partial charge is 0.344 e. The Hall–Kier alpha value is -0.340. The molecule has 16 heavy (non-hydrogen) atoms. The van der Waals surface area contributed by atoms with Gasteiger partial charge in [-0.3, -0.25) is 0 Å². The molecule has 0 N–H and O–H groups in total. The summed E-state index contributed by atoms with van der Waals surface area (Å²) in [5, 5.41) is 0. The van der Waals surface area contributed by atoms with Crippen molar-refractivity contribution < 1.29 is 9.47 Å². The van der Waals surface area contributed by atoms with Crippen LogP contribution in [-0.2, 0) is 9.47 Å². The van der Waals surface area contributed by atoms with E-state index >= 15 is 0 Å². The Morgan fingerprint density at radius 1 is 1.19 bits per heavy atom. The van der Waals surface area contributed by atoms with Crippen LogP contribution in [-0.4, -0.2) is 18.0 Å². The zero-order valence-corrected chi connectivity index (χ0v) is 11.2. The van der Waals surface area contributed by atoms with Crippen molar-refractivity contribution in [2.45, 2.75) is 65.5 Å². The predicted octanol–water partition coefficient (Wildman–Crippen LogP) is 3.52. The smallest absolute Gasteiger partial charge is 0.170 e. The normalized spacial score (nSPS) is 46.4. The maximum Gasteiger partial charge on any atom is 0.170 e. The van der Waals surface area contributed by atoms with Crippen LogP contribution in [0.3, 0.4) is 0 Å². The molecule has 1 aliphatic heterocycles. The van der Waals surface area contributed by atoms with Crippen LogP contribution in [0.4, 0.5) is 0 Å². The molecule has 0 aromatic carbocycles. The van der Waals surface area contributed by atoms with Crippen molar-refractivity contribution in [3.63, 3.8) is 0 Å². The van der Waals surface area contributed by atoms with Gasteiger partial charge < -0.3 is 9.47 Å². The first-order valence-electron chi connectivity index (χ1n) is 6.31. The highest BCUT2D eigenvalue weighted by Crippen LogP contribution is 2.56. The molecule has 0 amide bonds. The summed E-state index contributed by atoms with van der Waals surface area (Å²) in [7, 11) is 0. The van der Waals surface area contributed by atoms with Crippen LogP contribution in [0.1, 0.15) is 47.5 Å². The van der Waals surface area contributed by atoms with Gasteiger partial charge in [0, 0.05) is 12.8 Å². The summed E-state index contributed by atoms with van der Waals surface area (Å²) in [5.41, 5.74) is 1.40. The number of rotatable bonds is 1. The van der Waals surface area contributed by atoms with Gasteiger partial charge in [-0.05, 0) is 32.1 Å². The van der Waals surface area contributed by atoms with Gasteiger partial charge in [0.15, 0.2) is 5.79 Å². The molecule has 1 heterocycles. The highest BCUT2D eigenvalue weighted by atomic mass is 16.8. The monoisotopic (exact) mass is 224 g/mol. The van der Waals surface area contributed by atoms with Crippen LogP contribution in [0.25, 0.3) is 0 Å². The number of allylic oxidation sites excluding steroid dienone is 1. The molecule has 2 aliphatic rings. The molecule has 0 aromatic rings. The maximum absolute atomic E-state index is 6.07. The molecule has 1 aliphatic carbocycles. The van der Waals surface area contributed by atoms with E-state index in [0.717, 1.165) is 12.8 Å². The van der Waals surface area contributed by atoms with E-state index in [4.69, 9.17) is 9.47 Å². The molecule has 0 aromatic heterocycles. The van der Waals surface area contributed by atoms with E-state index in [1.165, 1.54) is 5.57 Å². The highest BCUT2D eigenvalue weighted by molar-refractivity contribution is 5.14. The molecule has 92 valence electrons. The molecule has 2 heteroatoms. The van der Waals surface area contributed by atoms with Crippen molar-refractivity contribution in [3.05, 3.63) is 12.2 Å². The lowest BCUT2D eigenvalue weighted by molar-refractivity contribution is -0.172. The second kappa shape index (κ2) is 3.58. The molecule has 2 fully saturated rings. The highest BCUT2D eigenvalue weighted by Gasteiger charge is 2.56. The lowest BCUT2D eigenvalue weighted by atomic mass is 9.75. The van der Waals surface area contributed by atoms with E-state index in [-0.39, 0.29) is 23.4 Å². The summed E-state index contributed by atoms with van der Waals surface area (Å²) in [5.74, 6) is 0.230. The van der Waals surface area contributed by atoms with Gasteiger partial charge in [-0.25, -0.2) is 0 Å². The average Bonchev–Trinajstić information content (AvgIpc) is 2.53. The Morgan fingerprint density at radius 2 is 1.69 bits per heavy atom. The zero-order valence-electron chi connectivity index (χ0n) is 11.2. The number of ether oxygens (including phenoxy) is 2. The average molecular weight is 224 g/mol. The van der Waals surface area contributed by atoms with Gasteiger partial charge in [-0.2, -0.15) is 0 Å². The van der Waals surface area contributed by atoms with E-state index in [0.29, 0.717) is 5.92 Å². The standard InChI is InChI=1S/C14H24O2/c1-9(2)13(6)8-14(7-10(13)3)15-11(4)12(5)16-14/h10-12H,1,7-8H2,2-6H3/t10-,11-,12-,13+/m1/s1. The summed E-state index contributed by atoms with van der Waals surface area (Å²) >= 11 is 0. The Morgan fingerprint density at radius 3 is 2.06 bits per heavy atom. The quantitative estimate of drug-likeness (QED) is 0.634. The molecular weight excluding hydrogens is 200 g/mol. The fourth-order valence-corrected chi connectivity index (χ4v) is 3.15. The first-order valence-corrected chi connectivity index (χ1v) is 6.31. The van der Waals surface area contributed by atoms with E-state index in [1.54, 1.807) is 0 Å². The Bertz CT molecular complexity index is 300. The third-order valence-corrected chi connectivity index (χ3v) is 4.78. The molecule has 1 saturated heterocycles. The van der Waals surface area contributed by atoms with Gasteiger partial charge in [-0.15, -0.1) is 0 Å². The molecule has 4 atom stereocenters. The van der Waals surface area contributed by atoms with Crippen LogP contribution in [0.2, 0.25) is 0 Å². The van der Waals surface area contributed by atoms with Gasteiger partial charge >= 0.3 is 0 Å². The lowest BCUT2D eigenvalue weighted by Gasteiger charge is -2.30. The molecule has 0 bridgehead atoms. The minimum absolute atomic E-state index is 0.157. The molecule has 0 radical (unpaired) electrons. The SMILES string of the molecule is C=C(C)[C@]1(C)CC2(C[C@H]1C)O[C@H](C)[C@@H](C)O2. The number of hydrogen-bond donors (Lipinski definition) is 0. The number of hydrogen-bond acceptors (Lipinski definition) is 2. The van der Waals surface area contributed by atoms with E-state index in [1.807, 2.05) is 0 Å². The van der Waals surface area contributed by atoms with Crippen LogP contribution < -0.4 is 0 Å². The minimum Gasteiger partial charge on any atom is -0.344 e. The fourth-order valence-electron chi connectivity index (χ4n) is 3.15. The first kappa shape index (κ1) is 12.1. The Kier molecular flexibility index (Phi) is 2.71. The molecule has 1 saturated carbocycles. The third-order valence-electron chi connectivity index (χ3n) is 4.78.